The van der Waals surface area contributed by atoms with Crippen molar-refractivity contribution in [2.24, 2.45) is 5.41 Å². The van der Waals surface area contributed by atoms with Crippen molar-refractivity contribution in [1.82, 2.24) is 5.32 Å². The molecule has 2 saturated heterocycles. The Morgan fingerprint density at radius 3 is 2.10 bits per heavy atom. The van der Waals surface area contributed by atoms with Gasteiger partial charge in [-0.1, -0.05) is 33.6 Å². The van der Waals surface area contributed by atoms with Crippen LogP contribution in [0.25, 0.3) is 0 Å². The standard InChI is InChI=1S/C18H35NO2/c1-5-6-8-15-10-11-16(19-15)9-7-12-18(4)20-13-17(2,3)14-21-18/h15-16,19H,5-14H2,1-4H3/t15-,16+/m1/s1. The van der Waals surface area contributed by atoms with Gasteiger partial charge >= 0.3 is 0 Å². The van der Waals surface area contributed by atoms with E-state index >= 15 is 0 Å². The molecule has 21 heavy (non-hydrogen) atoms. The largest absolute Gasteiger partial charge is 0.350 e. The first-order valence-corrected chi connectivity index (χ1v) is 8.96. The lowest BCUT2D eigenvalue weighted by Gasteiger charge is -2.41. The molecular weight excluding hydrogens is 262 g/mol. The van der Waals surface area contributed by atoms with Crippen LogP contribution >= 0.6 is 0 Å². The lowest BCUT2D eigenvalue weighted by molar-refractivity contribution is -0.292. The first-order valence-electron chi connectivity index (χ1n) is 8.96. The summed E-state index contributed by atoms with van der Waals surface area (Å²) in [6, 6.07) is 1.49. The zero-order chi connectivity index (χ0) is 15.3. The summed E-state index contributed by atoms with van der Waals surface area (Å²) in [4.78, 5) is 0. The molecule has 2 aliphatic heterocycles. The molecule has 2 fully saturated rings. The van der Waals surface area contributed by atoms with Gasteiger partial charge in [-0.2, -0.15) is 0 Å². The van der Waals surface area contributed by atoms with Crippen LogP contribution in [0.2, 0.25) is 0 Å². The molecule has 0 saturated carbocycles. The van der Waals surface area contributed by atoms with E-state index in [4.69, 9.17) is 9.47 Å². The highest BCUT2D eigenvalue weighted by atomic mass is 16.7. The fourth-order valence-corrected chi connectivity index (χ4v) is 3.40. The first-order chi connectivity index (χ1) is 9.92. The average molecular weight is 297 g/mol. The average Bonchev–Trinajstić information content (AvgIpc) is 2.88. The van der Waals surface area contributed by atoms with Gasteiger partial charge in [0.1, 0.15) is 0 Å². The van der Waals surface area contributed by atoms with E-state index < -0.39 is 0 Å². The molecule has 0 radical (unpaired) electrons. The van der Waals surface area contributed by atoms with Gasteiger partial charge < -0.3 is 14.8 Å². The van der Waals surface area contributed by atoms with E-state index in [-0.39, 0.29) is 11.2 Å². The molecule has 0 aromatic rings. The van der Waals surface area contributed by atoms with Gasteiger partial charge in [-0.25, -0.2) is 0 Å². The summed E-state index contributed by atoms with van der Waals surface area (Å²) < 4.78 is 12.0. The van der Waals surface area contributed by atoms with Crippen LogP contribution in [0.1, 0.15) is 79.1 Å². The monoisotopic (exact) mass is 297 g/mol. The second-order valence-electron chi connectivity index (χ2n) is 8.05. The number of rotatable bonds is 7. The second kappa shape index (κ2) is 7.43. The summed E-state index contributed by atoms with van der Waals surface area (Å²) in [6.45, 7) is 10.4. The molecule has 2 heterocycles. The number of hydrogen-bond donors (Lipinski definition) is 1. The van der Waals surface area contributed by atoms with Crippen LogP contribution in [-0.2, 0) is 9.47 Å². The lowest BCUT2D eigenvalue weighted by Crippen LogP contribution is -2.45. The Morgan fingerprint density at radius 2 is 1.52 bits per heavy atom. The quantitative estimate of drug-likeness (QED) is 0.761. The van der Waals surface area contributed by atoms with Gasteiger partial charge in [0.15, 0.2) is 5.79 Å². The van der Waals surface area contributed by atoms with Gasteiger partial charge in [0.05, 0.1) is 13.2 Å². The second-order valence-corrected chi connectivity index (χ2v) is 8.05. The van der Waals surface area contributed by atoms with Gasteiger partial charge in [0.25, 0.3) is 0 Å². The molecule has 2 atom stereocenters. The molecular formula is C18H35NO2. The minimum absolute atomic E-state index is 0.166. The summed E-state index contributed by atoms with van der Waals surface area (Å²) in [5.41, 5.74) is 0.166. The van der Waals surface area contributed by atoms with Gasteiger partial charge in [-0.05, 0) is 39.0 Å². The van der Waals surface area contributed by atoms with Crippen LogP contribution in [0.5, 0.6) is 0 Å². The molecule has 3 heteroatoms. The van der Waals surface area contributed by atoms with Crippen molar-refractivity contribution in [3.8, 4) is 0 Å². The topological polar surface area (TPSA) is 30.5 Å². The van der Waals surface area contributed by atoms with Crippen molar-refractivity contribution in [3.05, 3.63) is 0 Å². The molecule has 0 aromatic carbocycles. The predicted octanol–water partition coefficient (Wildman–Crippen LogP) is 4.26. The maximum Gasteiger partial charge on any atom is 0.165 e. The Labute approximate surface area is 131 Å². The molecule has 2 aliphatic rings. The fourth-order valence-electron chi connectivity index (χ4n) is 3.40. The Kier molecular flexibility index (Phi) is 6.10. The molecule has 1 N–H and O–H groups in total. The molecule has 2 rings (SSSR count). The van der Waals surface area contributed by atoms with E-state index in [0.29, 0.717) is 0 Å². The minimum atomic E-state index is -0.351. The van der Waals surface area contributed by atoms with Crippen molar-refractivity contribution in [3.63, 3.8) is 0 Å². The molecule has 0 spiro atoms. The summed E-state index contributed by atoms with van der Waals surface area (Å²) in [5.74, 6) is -0.351. The Morgan fingerprint density at radius 1 is 0.952 bits per heavy atom. The van der Waals surface area contributed by atoms with Crippen LogP contribution in [-0.4, -0.2) is 31.1 Å². The molecule has 0 aromatic heterocycles. The highest BCUT2D eigenvalue weighted by Crippen LogP contribution is 2.32. The Bertz CT molecular complexity index is 306. The number of unbranched alkanes of at least 4 members (excludes halogenated alkanes) is 1. The summed E-state index contributed by atoms with van der Waals surface area (Å²) in [5, 5.41) is 3.81. The third-order valence-electron chi connectivity index (χ3n) is 4.96. The highest BCUT2D eigenvalue weighted by molar-refractivity contribution is 4.84. The van der Waals surface area contributed by atoms with Gasteiger partial charge in [0.2, 0.25) is 0 Å². The van der Waals surface area contributed by atoms with E-state index in [9.17, 15) is 0 Å². The summed E-state index contributed by atoms with van der Waals surface area (Å²) in [6.07, 6.45) is 10.2. The first kappa shape index (κ1) is 17.2. The van der Waals surface area contributed by atoms with Crippen molar-refractivity contribution in [2.75, 3.05) is 13.2 Å². The summed E-state index contributed by atoms with van der Waals surface area (Å²) in [7, 11) is 0. The molecule has 0 bridgehead atoms. The van der Waals surface area contributed by atoms with Crippen molar-refractivity contribution < 1.29 is 9.47 Å². The molecule has 0 unspecified atom stereocenters. The molecule has 0 aliphatic carbocycles. The Hall–Kier alpha value is -0.120. The van der Waals surface area contributed by atoms with Gasteiger partial charge in [-0.15, -0.1) is 0 Å². The van der Waals surface area contributed by atoms with Crippen LogP contribution in [0.3, 0.4) is 0 Å². The van der Waals surface area contributed by atoms with E-state index in [1.165, 1.54) is 44.9 Å². The zero-order valence-electron chi connectivity index (χ0n) is 14.5. The Balaban J connectivity index is 1.62. The van der Waals surface area contributed by atoms with Gasteiger partial charge in [-0.3, -0.25) is 0 Å². The predicted molar refractivity (Wildman–Crippen MR) is 87.4 cm³/mol. The fraction of sp³-hybridized carbons (Fsp3) is 1.00. The molecule has 3 nitrogen and oxygen atoms in total. The number of hydrogen-bond acceptors (Lipinski definition) is 3. The smallest absolute Gasteiger partial charge is 0.165 e. The lowest BCUT2D eigenvalue weighted by atomic mass is 9.94. The van der Waals surface area contributed by atoms with Crippen molar-refractivity contribution in [1.29, 1.82) is 0 Å². The van der Waals surface area contributed by atoms with Crippen molar-refractivity contribution >= 4 is 0 Å². The van der Waals surface area contributed by atoms with E-state index in [0.717, 1.165) is 31.7 Å². The van der Waals surface area contributed by atoms with Crippen LogP contribution in [0.4, 0.5) is 0 Å². The molecule has 124 valence electrons. The SMILES string of the molecule is CCCC[C@@H]1CC[C@H](CCCC2(C)OCC(C)(C)CO2)N1. The summed E-state index contributed by atoms with van der Waals surface area (Å²) >= 11 is 0. The van der Waals surface area contributed by atoms with Crippen LogP contribution in [0, 0.1) is 5.41 Å². The third-order valence-corrected chi connectivity index (χ3v) is 4.96. The highest BCUT2D eigenvalue weighted by Gasteiger charge is 2.36. The number of ether oxygens (including phenoxy) is 2. The van der Waals surface area contributed by atoms with Crippen LogP contribution in [0.15, 0.2) is 0 Å². The third kappa shape index (κ3) is 5.54. The zero-order valence-corrected chi connectivity index (χ0v) is 14.5. The van der Waals surface area contributed by atoms with E-state index in [1.54, 1.807) is 0 Å². The maximum absolute atomic E-state index is 5.98. The van der Waals surface area contributed by atoms with E-state index in [2.05, 4.69) is 33.0 Å². The normalized spacial score (nSPS) is 31.4. The van der Waals surface area contributed by atoms with Gasteiger partial charge in [0, 0.05) is 23.9 Å². The molecule has 0 amide bonds. The van der Waals surface area contributed by atoms with Crippen molar-refractivity contribution in [2.45, 2.75) is 96.9 Å². The minimum Gasteiger partial charge on any atom is -0.350 e. The van der Waals surface area contributed by atoms with Crippen LogP contribution < -0.4 is 5.32 Å². The van der Waals surface area contributed by atoms with E-state index in [1.807, 2.05) is 0 Å². The number of nitrogens with one attached hydrogen (secondary N) is 1. The maximum atomic E-state index is 5.98.